The Balaban J connectivity index is 2.75. The van der Waals surface area contributed by atoms with Crippen LogP contribution in [0.1, 0.15) is 25.8 Å². The lowest BCUT2D eigenvalue weighted by molar-refractivity contribution is 0.167. The van der Waals surface area contributed by atoms with E-state index < -0.39 is 9.84 Å². The maximum absolute atomic E-state index is 11.9. The first-order chi connectivity index (χ1) is 9.53. The highest BCUT2D eigenvalue weighted by atomic mass is 32.2. The summed E-state index contributed by atoms with van der Waals surface area (Å²) in [5, 5.41) is 3.35. The van der Waals surface area contributed by atoms with E-state index in [-0.39, 0.29) is 11.8 Å². The van der Waals surface area contributed by atoms with Crippen LogP contribution in [0.25, 0.3) is 0 Å². The third kappa shape index (κ3) is 5.23. The molecule has 5 heteroatoms. The van der Waals surface area contributed by atoms with Gasteiger partial charge in [-0.1, -0.05) is 26.0 Å². The Labute approximate surface area is 122 Å². The summed E-state index contributed by atoms with van der Waals surface area (Å²) in [4.78, 5) is 0.412. The van der Waals surface area contributed by atoms with Crippen LogP contribution >= 0.6 is 0 Å². The number of likely N-dealkylation sites (N-methyl/N-ethyl adjacent to an activating group) is 1. The molecular formula is C15H25NO3S. The van der Waals surface area contributed by atoms with Gasteiger partial charge in [0.15, 0.2) is 9.84 Å². The summed E-state index contributed by atoms with van der Waals surface area (Å²) in [6, 6.07) is 7.44. The van der Waals surface area contributed by atoms with Crippen molar-refractivity contribution in [2.75, 3.05) is 26.0 Å². The third-order valence-corrected chi connectivity index (χ3v) is 5.03. The molecule has 0 aliphatic rings. The molecule has 0 amide bonds. The maximum atomic E-state index is 11.9. The number of hydrogen-bond acceptors (Lipinski definition) is 4. The smallest absolute Gasteiger partial charge is 0.178 e. The minimum absolute atomic E-state index is 0.204. The van der Waals surface area contributed by atoms with Crippen LogP contribution < -0.4 is 5.32 Å². The molecule has 20 heavy (non-hydrogen) atoms. The van der Waals surface area contributed by atoms with E-state index in [4.69, 9.17) is 4.74 Å². The monoisotopic (exact) mass is 299 g/mol. The maximum Gasteiger partial charge on any atom is 0.178 e. The molecule has 1 atom stereocenters. The van der Waals surface area contributed by atoms with Gasteiger partial charge in [0.25, 0.3) is 0 Å². The van der Waals surface area contributed by atoms with E-state index in [1.54, 1.807) is 19.2 Å². The molecule has 4 nitrogen and oxygen atoms in total. The van der Waals surface area contributed by atoms with Crippen LogP contribution in [0.4, 0.5) is 0 Å². The lowest BCUT2D eigenvalue weighted by Gasteiger charge is -2.17. The van der Waals surface area contributed by atoms with Gasteiger partial charge in [-0.25, -0.2) is 8.42 Å². The van der Waals surface area contributed by atoms with Crippen LogP contribution in [0.3, 0.4) is 0 Å². The van der Waals surface area contributed by atoms with Crippen molar-refractivity contribution in [3.63, 3.8) is 0 Å². The highest BCUT2D eigenvalue weighted by Gasteiger charge is 2.13. The number of benzene rings is 1. The molecule has 0 heterocycles. The molecule has 114 valence electrons. The van der Waals surface area contributed by atoms with Crippen molar-refractivity contribution in [3.05, 3.63) is 29.8 Å². The van der Waals surface area contributed by atoms with Crippen LogP contribution in [0.2, 0.25) is 0 Å². The minimum atomic E-state index is -3.12. The van der Waals surface area contributed by atoms with Crippen LogP contribution in [0.5, 0.6) is 0 Å². The second kappa shape index (κ2) is 8.39. The van der Waals surface area contributed by atoms with Crippen molar-refractivity contribution in [3.8, 4) is 0 Å². The fourth-order valence-electron chi connectivity index (χ4n) is 2.18. The van der Waals surface area contributed by atoms with Crippen molar-refractivity contribution in [1.82, 2.24) is 5.32 Å². The molecule has 0 aliphatic carbocycles. The number of rotatable bonds is 9. The van der Waals surface area contributed by atoms with Crippen molar-refractivity contribution in [1.29, 1.82) is 0 Å². The summed E-state index contributed by atoms with van der Waals surface area (Å²) >= 11 is 0. The SMILES string of the molecule is CCCS(=O)(=O)c1ccc(CC(COC)NCC)cc1. The Bertz CT molecular complexity index is 476. The fourth-order valence-corrected chi connectivity index (χ4v) is 3.51. The number of ether oxygens (including phenoxy) is 1. The number of hydrogen-bond donors (Lipinski definition) is 1. The van der Waals surface area contributed by atoms with Gasteiger partial charge >= 0.3 is 0 Å². The van der Waals surface area contributed by atoms with Gasteiger partial charge in [0.1, 0.15) is 0 Å². The van der Waals surface area contributed by atoms with Crippen molar-refractivity contribution in [2.45, 2.75) is 37.6 Å². The van der Waals surface area contributed by atoms with E-state index >= 15 is 0 Å². The highest BCUT2D eigenvalue weighted by molar-refractivity contribution is 7.91. The van der Waals surface area contributed by atoms with E-state index in [9.17, 15) is 8.42 Å². The zero-order valence-electron chi connectivity index (χ0n) is 12.6. The molecule has 0 aromatic heterocycles. The summed E-state index contributed by atoms with van der Waals surface area (Å²) in [5.74, 6) is 0.204. The lowest BCUT2D eigenvalue weighted by Crippen LogP contribution is -2.34. The number of methoxy groups -OCH3 is 1. The van der Waals surface area contributed by atoms with E-state index in [0.29, 0.717) is 17.9 Å². The standard InChI is InChI=1S/C15H25NO3S/c1-4-10-20(17,18)15-8-6-13(7-9-15)11-14(12-19-3)16-5-2/h6-9,14,16H,4-5,10-12H2,1-3H3. The van der Waals surface area contributed by atoms with Gasteiger partial charge in [-0.3, -0.25) is 0 Å². The largest absolute Gasteiger partial charge is 0.383 e. The van der Waals surface area contributed by atoms with E-state index in [1.165, 1.54) is 0 Å². The normalized spacial score (nSPS) is 13.3. The summed E-state index contributed by atoms with van der Waals surface area (Å²) < 4.78 is 29.1. The van der Waals surface area contributed by atoms with E-state index in [0.717, 1.165) is 18.5 Å². The van der Waals surface area contributed by atoms with Crippen LogP contribution in [-0.2, 0) is 21.0 Å². The second-order valence-corrected chi connectivity index (χ2v) is 6.99. The van der Waals surface area contributed by atoms with Gasteiger partial charge in [-0.15, -0.1) is 0 Å². The highest BCUT2D eigenvalue weighted by Crippen LogP contribution is 2.14. The van der Waals surface area contributed by atoms with Crippen LogP contribution in [0, 0.1) is 0 Å². The molecule has 0 aliphatic heterocycles. The van der Waals surface area contributed by atoms with Gasteiger partial charge in [-0.05, 0) is 37.1 Å². The quantitative estimate of drug-likeness (QED) is 0.758. The lowest BCUT2D eigenvalue weighted by atomic mass is 10.1. The average Bonchev–Trinajstić information content (AvgIpc) is 2.40. The van der Waals surface area contributed by atoms with Crippen LogP contribution in [-0.4, -0.2) is 40.5 Å². The minimum Gasteiger partial charge on any atom is -0.383 e. The molecule has 0 bridgehead atoms. The van der Waals surface area contributed by atoms with Crippen LogP contribution in [0.15, 0.2) is 29.2 Å². The first-order valence-corrected chi connectivity index (χ1v) is 8.72. The molecule has 1 N–H and O–H groups in total. The molecule has 0 saturated heterocycles. The molecule has 1 rings (SSSR count). The topological polar surface area (TPSA) is 55.4 Å². The molecular weight excluding hydrogens is 274 g/mol. The Morgan fingerprint density at radius 3 is 2.35 bits per heavy atom. The first-order valence-electron chi connectivity index (χ1n) is 7.07. The predicted molar refractivity (Wildman–Crippen MR) is 81.8 cm³/mol. The third-order valence-electron chi connectivity index (χ3n) is 3.10. The summed E-state index contributed by atoms with van der Waals surface area (Å²) in [6.07, 6.45) is 1.47. The van der Waals surface area contributed by atoms with E-state index in [2.05, 4.69) is 12.2 Å². The van der Waals surface area contributed by atoms with Gasteiger partial charge in [0.05, 0.1) is 17.3 Å². The summed E-state index contributed by atoms with van der Waals surface area (Å²) in [7, 11) is -1.43. The Kier molecular flexibility index (Phi) is 7.19. The summed E-state index contributed by atoms with van der Waals surface area (Å²) in [6.45, 7) is 5.46. The molecule has 0 radical (unpaired) electrons. The van der Waals surface area contributed by atoms with Gasteiger partial charge in [-0.2, -0.15) is 0 Å². The van der Waals surface area contributed by atoms with Crippen molar-refractivity contribution < 1.29 is 13.2 Å². The molecule has 1 aromatic carbocycles. The Morgan fingerprint density at radius 2 is 1.85 bits per heavy atom. The first kappa shape index (κ1) is 17.1. The van der Waals surface area contributed by atoms with E-state index in [1.807, 2.05) is 19.1 Å². The fraction of sp³-hybridized carbons (Fsp3) is 0.600. The molecule has 0 fully saturated rings. The zero-order chi connectivity index (χ0) is 15.0. The Morgan fingerprint density at radius 1 is 1.20 bits per heavy atom. The predicted octanol–water partition coefficient (Wildman–Crippen LogP) is 2.04. The van der Waals surface area contributed by atoms with Gasteiger partial charge in [0.2, 0.25) is 0 Å². The number of sulfone groups is 1. The summed E-state index contributed by atoms with van der Waals surface area (Å²) in [5.41, 5.74) is 1.11. The molecule has 0 saturated carbocycles. The molecule has 1 aromatic rings. The molecule has 0 spiro atoms. The zero-order valence-corrected chi connectivity index (χ0v) is 13.4. The second-order valence-electron chi connectivity index (χ2n) is 4.88. The Hall–Kier alpha value is -0.910. The van der Waals surface area contributed by atoms with Gasteiger partial charge in [0, 0.05) is 13.2 Å². The van der Waals surface area contributed by atoms with Gasteiger partial charge < -0.3 is 10.1 Å². The molecule has 1 unspecified atom stereocenters. The van der Waals surface area contributed by atoms with Crippen molar-refractivity contribution in [2.24, 2.45) is 0 Å². The average molecular weight is 299 g/mol. The number of nitrogens with one attached hydrogen (secondary N) is 1. The van der Waals surface area contributed by atoms with Crippen molar-refractivity contribution >= 4 is 9.84 Å².